The molecule has 0 aliphatic rings. The summed E-state index contributed by atoms with van der Waals surface area (Å²) >= 11 is 0. The minimum absolute atomic E-state index is 0.0481. The smallest absolute Gasteiger partial charge is 0.306 e. The van der Waals surface area contributed by atoms with Gasteiger partial charge < -0.3 is 10.2 Å². The quantitative estimate of drug-likeness (QED) is 0.552. The summed E-state index contributed by atoms with van der Waals surface area (Å²) in [7, 11) is 0. The average molecular weight is 118 g/mol. The molecule has 0 fully saturated rings. The summed E-state index contributed by atoms with van der Waals surface area (Å²) < 4.78 is 0. The van der Waals surface area contributed by atoms with E-state index in [0.29, 0.717) is 6.42 Å². The van der Waals surface area contributed by atoms with Gasteiger partial charge in [0.2, 0.25) is 0 Å². The third-order valence-corrected chi connectivity index (χ3v) is 0.984. The lowest BCUT2D eigenvalue weighted by molar-refractivity contribution is -0.141. The SMILES string of the molecule is C[C@@H](CCO)C(=O)O. The minimum Gasteiger partial charge on any atom is -0.481 e. The molecule has 0 saturated carbocycles. The maximum atomic E-state index is 9.98. The second-order valence-corrected chi connectivity index (χ2v) is 1.75. The molecular weight excluding hydrogens is 108 g/mol. The molecule has 3 heteroatoms. The molecular formula is C5H10O3. The fourth-order valence-corrected chi connectivity index (χ4v) is 0.317. The molecule has 0 aromatic heterocycles. The van der Waals surface area contributed by atoms with Gasteiger partial charge in [0, 0.05) is 6.61 Å². The highest BCUT2D eigenvalue weighted by atomic mass is 16.4. The van der Waals surface area contributed by atoms with Gasteiger partial charge in [0.25, 0.3) is 0 Å². The van der Waals surface area contributed by atoms with Crippen molar-refractivity contribution in [2.24, 2.45) is 5.92 Å². The van der Waals surface area contributed by atoms with Gasteiger partial charge in [0.15, 0.2) is 0 Å². The van der Waals surface area contributed by atoms with Crippen molar-refractivity contribution in [3.8, 4) is 0 Å². The van der Waals surface area contributed by atoms with Crippen LogP contribution in [0.1, 0.15) is 13.3 Å². The Bertz CT molecular complexity index is 79.7. The Morgan fingerprint density at radius 3 is 2.38 bits per heavy atom. The number of hydrogen-bond donors (Lipinski definition) is 2. The topological polar surface area (TPSA) is 57.5 Å². The van der Waals surface area contributed by atoms with Crippen molar-refractivity contribution >= 4 is 5.97 Å². The molecule has 0 saturated heterocycles. The Labute approximate surface area is 47.9 Å². The van der Waals surface area contributed by atoms with E-state index in [9.17, 15) is 4.79 Å². The third kappa shape index (κ3) is 2.58. The van der Waals surface area contributed by atoms with Crippen LogP contribution in [0.25, 0.3) is 0 Å². The highest BCUT2D eigenvalue weighted by Crippen LogP contribution is 1.98. The van der Waals surface area contributed by atoms with Crippen LogP contribution in [0.5, 0.6) is 0 Å². The van der Waals surface area contributed by atoms with Gasteiger partial charge in [-0.1, -0.05) is 6.92 Å². The van der Waals surface area contributed by atoms with Crippen LogP contribution in [0.4, 0.5) is 0 Å². The van der Waals surface area contributed by atoms with Gasteiger partial charge in [0.1, 0.15) is 0 Å². The fourth-order valence-electron chi connectivity index (χ4n) is 0.317. The molecule has 0 aliphatic carbocycles. The zero-order valence-electron chi connectivity index (χ0n) is 4.79. The number of aliphatic carboxylic acids is 1. The van der Waals surface area contributed by atoms with Crippen molar-refractivity contribution < 1.29 is 15.0 Å². The van der Waals surface area contributed by atoms with Gasteiger partial charge in [-0.05, 0) is 6.42 Å². The number of aliphatic hydroxyl groups excluding tert-OH is 1. The molecule has 1 atom stereocenters. The second kappa shape index (κ2) is 3.43. The van der Waals surface area contributed by atoms with Crippen LogP contribution < -0.4 is 0 Å². The minimum atomic E-state index is -0.848. The molecule has 3 nitrogen and oxygen atoms in total. The van der Waals surface area contributed by atoms with Crippen LogP contribution in [0.3, 0.4) is 0 Å². The molecule has 48 valence electrons. The van der Waals surface area contributed by atoms with Crippen molar-refractivity contribution in [2.45, 2.75) is 13.3 Å². The lowest BCUT2D eigenvalue weighted by Gasteiger charge is -1.99. The summed E-state index contributed by atoms with van der Waals surface area (Å²) in [6.45, 7) is 1.52. The van der Waals surface area contributed by atoms with Gasteiger partial charge >= 0.3 is 5.97 Å². The molecule has 8 heavy (non-hydrogen) atoms. The number of carboxylic acid groups (broad SMARTS) is 1. The van der Waals surface area contributed by atoms with E-state index in [1.54, 1.807) is 6.92 Å². The Morgan fingerprint density at radius 1 is 1.75 bits per heavy atom. The number of carboxylic acids is 1. The van der Waals surface area contributed by atoms with Crippen LogP contribution in [0.2, 0.25) is 0 Å². The maximum Gasteiger partial charge on any atom is 0.306 e. The normalized spacial score (nSPS) is 13.2. The molecule has 0 rings (SSSR count). The molecule has 2 N–H and O–H groups in total. The lowest BCUT2D eigenvalue weighted by Crippen LogP contribution is -2.10. The molecule has 0 aliphatic heterocycles. The first-order chi connectivity index (χ1) is 3.68. The first-order valence-electron chi connectivity index (χ1n) is 2.52. The fraction of sp³-hybridized carbons (Fsp3) is 0.800. The summed E-state index contributed by atoms with van der Waals surface area (Å²) in [5.74, 6) is -1.26. The van der Waals surface area contributed by atoms with Crippen LogP contribution in [-0.4, -0.2) is 22.8 Å². The predicted octanol–water partition coefficient (Wildman–Crippen LogP) is 0.0895. The van der Waals surface area contributed by atoms with Crippen LogP contribution in [-0.2, 0) is 4.79 Å². The number of hydrogen-bond acceptors (Lipinski definition) is 2. The number of rotatable bonds is 3. The Morgan fingerprint density at radius 2 is 2.25 bits per heavy atom. The zero-order valence-corrected chi connectivity index (χ0v) is 4.79. The predicted molar refractivity (Wildman–Crippen MR) is 28.5 cm³/mol. The summed E-state index contributed by atoms with van der Waals surface area (Å²) in [4.78, 5) is 9.98. The lowest BCUT2D eigenvalue weighted by atomic mass is 10.1. The maximum absolute atomic E-state index is 9.98. The molecule has 0 unspecified atom stereocenters. The van der Waals surface area contributed by atoms with Crippen LogP contribution in [0.15, 0.2) is 0 Å². The third-order valence-electron chi connectivity index (χ3n) is 0.984. The molecule has 0 radical (unpaired) electrons. The molecule has 0 heterocycles. The van der Waals surface area contributed by atoms with Gasteiger partial charge in [-0.2, -0.15) is 0 Å². The van der Waals surface area contributed by atoms with Crippen molar-refractivity contribution in [3.63, 3.8) is 0 Å². The van der Waals surface area contributed by atoms with Crippen molar-refractivity contribution in [1.82, 2.24) is 0 Å². The highest BCUT2D eigenvalue weighted by molar-refractivity contribution is 5.69. The van der Waals surface area contributed by atoms with E-state index in [-0.39, 0.29) is 6.61 Å². The van der Waals surface area contributed by atoms with Gasteiger partial charge in [-0.3, -0.25) is 4.79 Å². The van der Waals surface area contributed by atoms with Crippen LogP contribution >= 0.6 is 0 Å². The first kappa shape index (κ1) is 7.43. The summed E-state index contributed by atoms with van der Waals surface area (Å²) in [5, 5.41) is 16.4. The Hall–Kier alpha value is -0.570. The van der Waals surface area contributed by atoms with Crippen molar-refractivity contribution in [1.29, 1.82) is 0 Å². The van der Waals surface area contributed by atoms with E-state index in [1.807, 2.05) is 0 Å². The van der Waals surface area contributed by atoms with Crippen LogP contribution in [0, 0.1) is 5.92 Å². The van der Waals surface area contributed by atoms with Gasteiger partial charge in [-0.25, -0.2) is 0 Å². The molecule has 0 bridgehead atoms. The second-order valence-electron chi connectivity index (χ2n) is 1.75. The zero-order chi connectivity index (χ0) is 6.57. The van der Waals surface area contributed by atoms with Crippen molar-refractivity contribution in [3.05, 3.63) is 0 Å². The molecule has 0 spiro atoms. The van der Waals surface area contributed by atoms with E-state index in [2.05, 4.69) is 0 Å². The van der Waals surface area contributed by atoms with Gasteiger partial charge in [-0.15, -0.1) is 0 Å². The number of aliphatic hydroxyl groups is 1. The standard InChI is InChI=1S/C5H10O3/c1-4(2-3-6)5(7)8/h4,6H,2-3H2,1H3,(H,7,8)/t4-/m0/s1. The first-order valence-corrected chi connectivity index (χ1v) is 2.52. The van der Waals surface area contributed by atoms with E-state index in [0.717, 1.165) is 0 Å². The molecule has 0 aromatic rings. The molecule has 0 aromatic carbocycles. The van der Waals surface area contributed by atoms with E-state index in [1.165, 1.54) is 0 Å². The largest absolute Gasteiger partial charge is 0.481 e. The summed E-state index contributed by atoms with van der Waals surface area (Å²) in [6, 6.07) is 0. The summed E-state index contributed by atoms with van der Waals surface area (Å²) in [6.07, 6.45) is 0.343. The van der Waals surface area contributed by atoms with Crippen molar-refractivity contribution in [2.75, 3.05) is 6.61 Å². The van der Waals surface area contributed by atoms with E-state index >= 15 is 0 Å². The summed E-state index contributed by atoms with van der Waals surface area (Å²) in [5.41, 5.74) is 0. The Balaban J connectivity index is 3.32. The van der Waals surface area contributed by atoms with Gasteiger partial charge in [0.05, 0.1) is 5.92 Å². The highest BCUT2D eigenvalue weighted by Gasteiger charge is 2.07. The average Bonchev–Trinajstić information content (AvgIpc) is 1.67. The number of carbonyl (C=O) groups is 1. The monoisotopic (exact) mass is 118 g/mol. The van der Waals surface area contributed by atoms with E-state index < -0.39 is 11.9 Å². The Kier molecular flexibility index (Phi) is 3.19. The molecule has 0 amide bonds. The van der Waals surface area contributed by atoms with E-state index in [4.69, 9.17) is 10.2 Å².